The van der Waals surface area contributed by atoms with Crippen LogP contribution in [0.15, 0.2) is 48.5 Å². The van der Waals surface area contributed by atoms with Crippen LogP contribution in [0.25, 0.3) is 0 Å². The molecule has 162 valence electrons. The lowest BCUT2D eigenvalue weighted by Crippen LogP contribution is -2.44. The first-order valence-electron chi connectivity index (χ1n) is 11.3. The van der Waals surface area contributed by atoms with Crippen LogP contribution in [0, 0.1) is 11.8 Å². The fraction of sp³-hybridized carbons (Fsp3) is 0.333. The predicted octanol–water partition coefficient (Wildman–Crippen LogP) is 0.541. The molecule has 6 atom stereocenters. The average molecular weight is 440 g/mol. The summed E-state index contributed by atoms with van der Waals surface area (Å²) < 4.78 is 5.99. The van der Waals surface area contributed by atoms with E-state index in [1.54, 1.807) is 48.5 Å². The molecular formula is C24H16N4O5. The number of imide groups is 2. The quantitative estimate of drug-likeness (QED) is 0.497. The fourth-order valence-electron chi connectivity index (χ4n) is 7.37. The van der Waals surface area contributed by atoms with Gasteiger partial charge in [0.2, 0.25) is 0 Å². The smallest absolute Gasteiger partial charge is 0.276 e. The Kier molecular flexibility index (Phi) is 2.63. The summed E-state index contributed by atoms with van der Waals surface area (Å²) in [7, 11) is 0. The number of hydrogen-bond donors (Lipinski definition) is 0. The van der Waals surface area contributed by atoms with Gasteiger partial charge in [-0.2, -0.15) is 0 Å². The normalized spacial score (nSPS) is 44.4. The first-order chi connectivity index (χ1) is 16.1. The topological polar surface area (TPSA) is 93.3 Å². The highest BCUT2D eigenvalue weighted by Gasteiger charge is 2.87. The third kappa shape index (κ3) is 1.72. The Morgan fingerprint density at radius 1 is 0.515 bits per heavy atom. The van der Waals surface area contributed by atoms with Crippen molar-refractivity contribution in [3.8, 4) is 0 Å². The molecule has 3 aliphatic carbocycles. The second-order valence-electron chi connectivity index (χ2n) is 9.88. The molecule has 9 nitrogen and oxygen atoms in total. The van der Waals surface area contributed by atoms with Crippen molar-refractivity contribution in [3.63, 3.8) is 0 Å². The largest absolute Gasteiger partial charge is 0.369 e. The maximum atomic E-state index is 13.1. The molecule has 0 N–H and O–H groups in total. The van der Waals surface area contributed by atoms with E-state index in [0.717, 1.165) is 0 Å². The van der Waals surface area contributed by atoms with Gasteiger partial charge in [-0.1, -0.05) is 24.3 Å². The Balaban J connectivity index is 1.06. The summed E-state index contributed by atoms with van der Waals surface area (Å²) in [5.74, 6) is -1.00. The molecule has 5 heterocycles. The van der Waals surface area contributed by atoms with Crippen LogP contribution in [-0.4, -0.2) is 80.0 Å². The molecule has 8 aliphatic rings. The van der Waals surface area contributed by atoms with E-state index in [4.69, 9.17) is 4.74 Å². The monoisotopic (exact) mass is 440 g/mol. The minimum atomic E-state index is -0.273. The van der Waals surface area contributed by atoms with Crippen molar-refractivity contribution >= 4 is 23.6 Å². The molecule has 0 radical (unpaired) electrons. The number of epoxide rings is 1. The van der Waals surface area contributed by atoms with E-state index < -0.39 is 0 Å². The van der Waals surface area contributed by atoms with Gasteiger partial charge in [-0.3, -0.25) is 19.2 Å². The lowest BCUT2D eigenvalue weighted by atomic mass is 9.71. The molecule has 2 bridgehead atoms. The standard InChI is InChI=1S/C24H16N4O5/c29-21-9-5-1-2-6-10(9)22(30)27(21)25-15-13-17-18(14(16(15)25)20-19(13)33-20)26(17)28-23(31)11-7-3-4-8-12(11)24(28)32/h1-8,13-20H. The Labute approximate surface area is 187 Å². The molecule has 33 heavy (non-hydrogen) atoms. The lowest BCUT2D eigenvalue weighted by molar-refractivity contribution is 0.0211. The Bertz CT molecular complexity index is 1200. The van der Waals surface area contributed by atoms with Crippen LogP contribution in [0.1, 0.15) is 41.4 Å². The summed E-state index contributed by atoms with van der Waals surface area (Å²) in [6.45, 7) is 0. The molecule has 4 amide bonds. The van der Waals surface area contributed by atoms with Gasteiger partial charge in [-0.15, -0.1) is 0 Å². The van der Waals surface area contributed by atoms with Gasteiger partial charge in [0.1, 0.15) is 0 Å². The highest BCUT2D eigenvalue weighted by molar-refractivity contribution is 6.22. The molecule has 10 rings (SSSR count). The second-order valence-corrected chi connectivity index (χ2v) is 9.88. The van der Waals surface area contributed by atoms with Gasteiger partial charge in [0, 0.05) is 11.8 Å². The Hall–Kier alpha value is -3.40. The van der Waals surface area contributed by atoms with Gasteiger partial charge in [0.25, 0.3) is 23.6 Å². The van der Waals surface area contributed by atoms with E-state index >= 15 is 0 Å². The molecule has 3 saturated carbocycles. The first-order valence-corrected chi connectivity index (χ1v) is 11.3. The van der Waals surface area contributed by atoms with Gasteiger partial charge < -0.3 is 4.74 Å². The van der Waals surface area contributed by atoms with Crippen LogP contribution in [-0.2, 0) is 4.74 Å². The lowest BCUT2D eigenvalue weighted by Gasteiger charge is -2.25. The molecule has 3 saturated heterocycles. The molecule has 0 aromatic heterocycles. The Morgan fingerprint density at radius 2 is 0.818 bits per heavy atom. The van der Waals surface area contributed by atoms with Crippen LogP contribution in [0.2, 0.25) is 0 Å². The molecular weight excluding hydrogens is 424 g/mol. The zero-order valence-electron chi connectivity index (χ0n) is 17.1. The van der Waals surface area contributed by atoms with Crippen molar-refractivity contribution < 1.29 is 23.9 Å². The number of nitrogens with zero attached hydrogens (tertiary/aromatic N) is 4. The molecule has 5 aliphatic heterocycles. The number of rotatable bonds is 2. The van der Waals surface area contributed by atoms with Crippen molar-refractivity contribution in [3.05, 3.63) is 70.8 Å². The molecule has 2 aromatic carbocycles. The minimum absolute atomic E-state index is 0.00222. The van der Waals surface area contributed by atoms with Crippen LogP contribution in [0.4, 0.5) is 0 Å². The third-order valence-electron chi connectivity index (χ3n) is 8.65. The number of ether oxygens (including phenoxy) is 1. The molecule has 2 aromatic rings. The first kappa shape index (κ1) is 17.1. The third-order valence-corrected chi connectivity index (χ3v) is 8.65. The number of carbonyl (C=O) groups is 4. The van der Waals surface area contributed by atoms with Crippen LogP contribution >= 0.6 is 0 Å². The SMILES string of the molecule is O=C1c2ccccc2C(=O)N1N1C2C3C4OC4C(C21)C1C3N1N1C(=O)c2ccccc2C1=O. The van der Waals surface area contributed by atoms with Crippen LogP contribution in [0.5, 0.6) is 0 Å². The van der Waals surface area contributed by atoms with E-state index in [9.17, 15) is 19.2 Å². The highest BCUT2D eigenvalue weighted by atomic mass is 16.6. The molecule has 6 fully saturated rings. The van der Waals surface area contributed by atoms with Crippen molar-refractivity contribution in [2.75, 3.05) is 0 Å². The zero-order valence-corrected chi connectivity index (χ0v) is 17.1. The second kappa shape index (κ2) is 5.06. The van der Waals surface area contributed by atoms with Crippen molar-refractivity contribution in [2.45, 2.75) is 36.4 Å². The highest BCUT2D eigenvalue weighted by Crippen LogP contribution is 2.70. The van der Waals surface area contributed by atoms with E-state index in [2.05, 4.69) is 0 Å². The fourth-order valence-corrected chi connectivity index (χ4v) is 7.37. The summed E-state index contributed by atoms with van der Waals surface area (Å²) in [5, 5.41) is 6.54. The number of fused-ring (bicyclic) bond motifs is 2. The predicted molar refractivity (Wildman–Crippen MR) is 108 cm³/mol. The number of amides is 4. The van der Waals surface area contributed by atoms with Crippen LogP contribution in [0.3, 0.4) is 0 Å². The summed E-state index contributed by atoms with van der Waals surface area (Å²) in [5.41, 5.74) is 1.77. The Morgan fingerprint density at radius 3 is 1.12 bits per heavy atom. The maximum Gasteiger partial charge on any atom is 0.276 e. The molecule has 0 spiro atoms. The summed E-state index contributed by atoms with van der Waals surface area (Å²) in [6.07, 6.45) is 0.107. The zero-order chi connectivity index (χ0) is 21.9. The van der Waals surface area contributed by atoms with E-state index in [1.165, 1.54) is 10.0 Å². The average Bonchev–Trinajstić information content (AvgIpc) is 3.75. The van der Waals surface area contributed by atoms with Gasteiger partial charge in [0.15, 0.2) is 0 Å². The molecule has 6 unspecified atom stereocenters. The van der Waals surface area contributed by atoms with Gasteiger partial charge in [-0.05, 0) is 24.3 Å². The van der Waals surface area contributed by atoms with Crippen LogP contribution < -0.4 is 0 Å². The van der Waals surface area contributed by atoms with Crippen molar-refractivity contribution in [1.29, 1.82) is 0 Å². The minimum Gasteiger partial charge on any atom is -0.369 e. The number of hydrazine groups is 2. The number of benzene rings is 2. The van der Waals surface area contributed by atoms with E-state index in [0.29, 0.717) is 22.3 Å². The van der Waals surface area contributed by atoms with Gasteiger partial charge in [-0.25, -0.2) is 20.0 Å². The number of hydrogen-bond acceptors (Lipinski definition) is 7. The van der Waals surface area contributed by atoms with E-state index in [-0.39, 0.29) is 71.8 Å². The van der Waals surface area contributed by atoms with Crippen molar-refractivity contribution in [1.82, 2.24) is 20.0 Å². The van der Waals surface area contributed by atoms with E-state index in [1.807, 2.05) is 10.0 Å². The summed E-state index contributed by atoms with van der Waals surface area (Å²) >= 11 is 0. The maximum absolute atomic E-state index is 13.1. The van der Waals surface area contributed by atoms with Crippen molar-refractivity contribution in [2.24, 2.45) is 11.8 Å². The number of carbonyl (C=O) groups excluding carboxylic acids is 4. The summed E-state index contributed by atoms with van der Waals surface area (Å²) in [6, 6.07) is 13.9. The summed E-state index contributed by atoms with van der Waals surface area (Å²) in [4.78, 5) is 52.2. The molecule has 9 heteroatoms. The van der Waals surface area contributed by atoms with Gasteiger partial charge in [0.05, 0.1) is 58.6 Å². The van der Waals surface area contributed by atoms with Gasteiger partial charge >= 0.3 is 0 Å².